The van der Waals surface area contributed by atoms with E-state index in [0.29, 0.717) is 30.0 Å². The fraction of sp³-hybridized carbons (Fsp3) is 0.385. The van der Waals surface area contributed by atoms with Crippen molar-refractivity contribution in [2.45, 2.75) is 20.3 Å². The van der Waals surface area contributed by atoms with Gasteiger partial charge in [-0.1, -0.05) is 19.1 Å². The summed E-state index contributed by atoms with van der Waals surface area (Å²) in [5, 5.41) is 3.23. The maximum atomic E-state index is 13.1. The molecule has 33 heavy (non-hydrogen) atoms. The number of rotatable bonds is 8. The molecule has 2 aromatic carbocycles. The summed E-state index contributed by atoms with van der Waals surface area (Å²) in [6.07, 6.45) is 0.924. The van der Waals surface area contributed by atoms with Crippen LogP contribution in [0, 0.1) is 0 Å². The molecular weight excluding hydrogens is 416 g/mol. The normalized spacial score (nSPS) is 17.2. The Hall–Kier alpha value is -3.32. The second kappa shape index (κ2) is 10.1. The van der Waals surface area contributed by atoms with Crippen molar-refractivity contribution in [3.63, 3.8) is 0 Å². The number of amides is 2. The van der Waals surface area contributed by atoms with Crippen LogP contribution in [0.3, 0.4) is 0 Å². The van der Waals surface area contributed by atoms with Crippen LogP contribution in [0.5, 0.6) is 5.75 Å². The quantitative estimate of drug-likeness (QED) is 0.624. The lowest BCUT2D eigenvalue weighted by Gasteiger charge is -2.34. The number of nitrogens with zero attached hydrogens (tertiary/aromatic N) is 3. The van der Waals surface area contributed by atoms with Crippen molar-refractivity contribution in [1.29, 1.82) is 0 Å². The molecule has 2 heterocycles. The Labute approximate surface area is 195 Å². The van der Waals surface area contributed by atoms with Crippen LogP contribution in [0.15, 0.2) is 54.2 Å². The number of piperazine rings is 1. The van der Waals surface area contributed by atoms with E-state index >= 15 is 0 Å². The van der Waals surface area contributed by atoms with Gasteiger partial charge in [0.2, 0.25) is 0 Å². The topological polar surface area (TPSA) is 65.1 Å². The zero-order chi connectivity index (χ0) is 23.4. The number of hydrogen-bond donors (Lipinski definition) is 1. The third kappa shape index (κ3) is 4.88. The summed E-state index contributed by atoms with van der Waals surface area (Å²) in [6.45, 7) is 8.90. The van der Waals surface area contributed by atoms with Gasteiger partial charge in [-0.2, -0.15) is 0 Å². The van der Waals surface area contributed by atoms with Gasteiger partial charge in [-0.3, -0.25) is 14.5 Å². The molecule has 0 radical (unpaired) electrons. The molecule has 0 aliphatic carbocycles. The van der Waals surface area contributed by atoms with Gasteiger partial charge in [-0.05, 0) is 62.4 Å². The molecular formula is C26H32N4O3. The first-order valence-electron chi connectivity index (χ1n) is 11.7. The summed E-state index contributed by atoms with van der Waals surface area (Å²) in [5.41, 5.74) is 3.35. The Kier molecular flexibility index (Phi) is 6.99. The first-order chi connectivity index (χ1) is 16.0. The van der Waals surface area contributed by atoms with Gasteiger partial charge < -0.3 is 19.9 Å². The highest BCUT2D eigenvalue weighted by Gasteiger charge is 2.38. The van der Waals surface area contributed by atoms with Gasteiger partial charge in [0.15, 0.2) is 0 Å². The highest BCUT2D eigenvalue weighted by Crippen LogP contribution is 2.32. The van der Waals surface area contributed by atoms with Crippen LogP contribution in [-0.4, -0.2) is 68.0 Å². The van der Waals surface area contributed by atoms with Crippen molar-refractivity contribution in [1.82, 2.24) is 9.80 Å². The molecule has 174 valence electrons. The van der Waals surface area contributed by atoms with Crippen LogP contribution in [0.2, 0.25) is 0 Å². The van der Waals surface area contributed by atoms with Crippen LogP contribution in [-0.2, 0) is 9.59 Å². The van der Waals surface area contributed by atoms with E-state index < -0.39 is 0 Å². The Bertz CT molecular complexity index is 1020. The molecule has 1 saturated heterocycles. The minimum Gasteiger partial charge on any atom is -0.494 e. The zero-order valence-corrected chi connectivity index (χ0v) is 19.6. The number of nitrogens with one attached hydrogen (secondary N) is 1. The highest BCUT2D eigenvalue weighted by atomic mass is 16.5. The van der Waals surface area contributed by atoms with Crippen molar-refractivity contribution >= 4 is 28.8 Å². The number of hydrogen-bond acceptors (Lipinski definition) is 6. The van der Waals surface area contributed by atoms with Gasteiger partial charge in [0, 0.05) is 44.1 Å². The predicted molar refractivity (Wildman–Crippen MR) is 131 cm³/mol. The number of anilines is 2. The van der Waals surface area contributed by atoms with E-state index in [1.807, 2.05) is 43.3 Å². The Morgan fingerprint density at radius 3 is 2.15 bits per heavy atom. The minimum absolute atomic E-state index is 0.277. The first-order valence-corrected chi connectivity index (χ1v) is 11.7. The maximum absolute atomic E-state index is 13.1. The standard InChI is InChI=1S/C26H32N4O3/c1-4-18-33-22-12-6-19(7-13-22)23-24(26(32)30(5-2)25(23)31)27-20-8-10-21(11-9-20)29-16-14-28(3)15-17-29/h6-13,27H,4-5,14-18H2,1-3H3. The number of benzene rings is 2. The third-order valence-corrected chi connectivity index (χ3v) is 6.11. The van der Waals surface area contributed by atoms with Crippen LogP contribution in [0.25, 0.3) is 5.57 Å². The molecule has 0 saturated carbocycles. The molecule has 2 amide bonds. The summed E-state index contributed by atoms with van der Waals surface area (Å²) < 4.78 is 5.65. The molecule has 0 aromatic heterocycles. The van der Waals surface area contributed by atoms with E-state index in [0.717, 1.165) is 49.7 Å². The second-order valence-electron chi connectivity index (χ2n) is 8.44. The SMILES string of the molecule is CCCOc1ccc(C2=C(Nc3ccc(N4CCN(C)CC4)cc3)C(=O)N(CC)C2=O)cc1. The summed E-state index contributed by atoms with van der Waals surface area (Å²) in [5.74, 6) is 0.174. The van der Waals surface area contributed by atoms with Crippen molar-refractivity contribution in [2.75, 3.05) is 56.6 Å². The van der Waals surface area contributed by atoms with Gasteiger partial charge in [0.25, 0.3) is 11.8 Å². The minimum atomic E-state index is -0.299. The van der Waals surface area contributed by atoms with Crippen LogP contribution < -0.4 is 15.0 Å². The van der Waals surface area contributed by atoms with E-state index in [1.165, 1.54) is 4.90 Å². The lowest BCUT2D eigenvalue weighted by Crippen LogP contribution is -2.44. The Morgan fingerprint density at radius 1 is 0.879 bits per heavy atom. The number of carbonyl (C=O) groups is 2. The van der Waals surface area contributed by atoms with Gasteiger partial charge in [0.05, 0.1) is 12.2 Å². The lowest BCUT2D eigenvalue weighted by atomic mass is 10.0. The largest absolute Gasteiger partial charge is 0.494 e. The van der Waals surface area contributed by atoms with E-state index in [9.17, 15) is 9.59 Å². The molecule has 7 heteroatoms. The van der Waals surface area contributed by atoms with Gasteiger partial charge in [-0.15, -0.1) is 0 Å². The second-order valence-corrected chi connectivity index (χ2v) is 8.44. The monoisotopic (exact) mass is 448 g/mol. The van der Waals surface area contributed by atoms with Gasteiger partial charge >= 0.3 is 0 Å². The highest BCUT2D eigenvalue weighted by molar-refractivity contribution is 6.36. The van der Waals surface area contributed by atoms with Crippen molar-refractivity contribution in [2.24, 2.45) is 0 Å². The third-order valence-electron chi connectivity index (χ3n) is 6.11. The summed E-state index contributed by atoms with van der Waals surface area (Å²) in [7, 11) is 2.14. The maximum Gasteiger partial charge on any atom is 0.278 e. The average molecular weight is 449 g/mol. The van der Waals surface area contributed by atoms with Gasteiger partial charge in [0.1, 0.15) is 11.4 Å². The molecule has 0 atom stereocenters. The molecule has 0 unspecified atom stereocenters. The molecule has 2 aliphatic rings. The van der Waals surface area contributed by atoms with Gasteiger partial charge in [-0.25, -0.2) is 0 Å². The number of imide groups is 1. The van der Waals surface area contributed by atoms with E-state index in [2.05, 4.69) is 41.2 Å². The zero-order valence-electron chi connectivity index (χ0n) is 19.6. The molecule has 1 fully saturated rings. The number of carbonyl (C=O) groups excluding carboxylic acids is 2. The summed E-state index contributed by atoms with van der Waals surface area (Å²) in [6, 6.07) is 15.4. The van der Waals surface area contributed by atoms with Crippen LogP contribution in [0.1, 0.15) is 25.8 Å². The summed E-state index contributed by atoms with van der Waals surface area (Å²) in [4.78, 5) is 32.1. The fourth-order valence-corrected chi connectivity index (χ4v) is 4.15. The average Bonchev–Trinajstić information content (AvgIpc) is 3.07. The Balaban J connectivity index is 1.58. The van der Waals surface area contributed by atoms with Crippen molar-refractivity contribution in [3.8, 4) is 5.75 Å². The van der Waals surface area contributed by atoms with E-state index in [1.54, 1.807) is 0 Å². The molecule has 4 rings (SSSR count). The van der Waals surface area contributed by atoms with Crippen LogP contribution in [0.4, 0.5) is 11.4 Å². The number of ether oxygens (including phenoxy) is 1. The molecule has 2 aliphatic heterocycles. The van der Waals surface area contributed by atoms with E-state index in [4.69, 9.17) is 4.74 Å². The predicted octanol–water partition coefficient (Wildman–Crippen LogP) is 3.44. The van der Waals surface area contributed by atoms with E-state index in [-0.39, 0.29) is 11.8 Å². The molecule has 2 aromatic rings. The smallest absolute Gasteiger partial charge is 0.278 e. The fourth-order valence-electron chi connectivity index (χ4n) is 4.15. The first kappa shape index (κ1) is 22.9. The Morgan fingerprint density at radius 2 is 1.55 bits per heavy atom. The summed E-state index contributed by atoms with van der Waals surface area (Å²) >= 11 is 0. The lowest BCUT2D eigenvalue weighted by molar-refractivity contribution is -0.136. The number of likely N-dealkylation sites (N-methyl/N-ethyl adjacent to an activating group) is 2. The van der Waals surface area contributed by atoms with Crippen LogP contribution >= 0.6 is 0 Å². The molecule has 1 N–H and O–H groups in total. The molecule has 0 spiro atoms. The molecule has 7 nitrogen and oxygen atoms in total. The van der Waals surface area contributed by atoms with Crippen molar-refractivity contribution in [3.05, 3.63) is 59.8 Å². The van der Waals surface area contributed by atoms with Crippen molar-refractivity contribution < 1.29 is 14.3 Å². The molecule has 0 bridgehead atoms.